The van der Waals surface area contributed by atoms with E-state index in [1.807, 2.05) is 0 Å². The number of hydrogen-bond acceptors (Lipinski definition) is 13. The van der Waals surface area contributed by atoms with Crippen molar-refractivity contribution >= 4 is 17.5 Å². The summed E-state index contributed by atoms with van der Waals surface area (Å²) in [7, 11) is 0. The number of ketones is 2. The SMILES string of the molecule is C=C[C@@H]1[C@H](O[C@@H]2O[C@H](CO)[C@H](O)[C@@H](O)[C@H]2O)OC=C2C(=O)OC(CC(=O)C[C@@H](O)CC(=O)CCc3ccc(O)cc3)C[C@H]21. The van der Waals surface area contributed by atoms with Gasteiger partial charge in [-0.1, -0.05) is 18.2 Å². The van der Waals surface area contributed by atoms with Crippen LogP contribution in [0.3, 0.4) is 0 Å². The van der Waals surface area contributed by atoms with Crippen molar-refractivity contribution in [2.24, 2.45) is 11.8 Å². The highest BCUT2D eigenvalue weighted by atomic mass is 16.8. The summed E-state index contributed by atoms with van der Waals surface area (Å²) in [6.07, 6.45) is -7.92. The van der Waals surface area contributed by atoms with Gasteiger partial charge in [0, 0.05) is 37.5 Å². The highest BCUT2D eigenvalue weighted by Gasteiger charge is 2.49. The van der Waals surface area contributed by atoms with E-state index in [0.717, 1.165) is 11.8 Å². The van der Waals surface area contributed by atoms with Gasteiger partial charge in [0.1, 0.15) is 47.8 Å². The molecular weight excluding hydrogens is 568 g/mol. The second-order valence-electron chi connectivity index (χ2n) is 11.1. The van der Waals surface area contributed by atoms with E-state index in [0.29, 0.717) is 6.42 Å². The molecule has 236 valence electrons. The first-order valence-corrected chi connectivity index (χ1v) is 14.1. The minimum Gasteiger partial charge on any atom is -0.508 e. The summed E-state index contributed by atoms with van der Waals surface area (Å²) in [4.78, 5) is 37.8. The van der Waals surface area contributed by atoms with E-state index in [-0.39, 0.29) is 55.0 Å². The molecule has 13 nitrogen and oxygen atoms in total. The van der Waals surface area contributed by atoms with E-state index >= 15 is 0 Å². The van der Waals surface area contributed by atoms with Gasteiger partial charge in [0.25, 0.3) is 0 Å². The number of Topliss-reactive ketones (excluding diaryl/α,β-unsaturated/α-hetero) is 2. The van der Waals surface area contributed by atoms with Gasteiger partial charge in [0.2, 0.25) is 6.29 Å². The molecule has 2 fully saturated rings. The number of aromatic hydroxyl groups is 1. The van der Waals surface area contributed by atoms with Crippen LogP contribution in [0.4, 0.5) is 0 Å². The zero-order valence-corrected chi connectivity index (χ0v) is 23.4. The maximum Gasteiger partial charge on any atom is 0.337 e. The maximum atomic E-state index is 12.7. The molecule has 6 N–H and O–H groups in total. The number of ether oxygens (including phenoxy) is 4. The molecule has 4 rings (SSSR count). The highest BCUT2D eigenvalue weighted by Crippen LogP contribution is 2.41. The lowest BCUT2D eigenvalue weighted by Gasteiger charge is -2.44. The van der Waals surface area contributed by atoms with Crippen molar-refractivity contribution in [1.82, 2.24) is 0 Å². The molecular formula is C30H38O13. The highest BCUT2D eigenvalue weighted by molar-refractivity contribution is 5.90. The van der Waals surface area contributed by atoms with Crippen molar-refractivity contribution in [3.8, 4) is 5.75 Å². The number of aliphatic hydroxyl groups excluding tert-OH is 5. The Hall–Kier alpha value is -3.17. The second kappa shape index (κ2) is 14.5. The number of carbonyl (C=O) groups excluding carboxylic acids is 3. The van der Waals surface area contributed by atoms with Crippen LogP contribution in [0.1, 0.15) is 37.7 Å². The van der Waals surface area contributed by atoms with Crippen molar-refractivity contribution in [2.45, 2.75) is 87.7 Å². The predicted octanol–water partition coefficient (Wildman–Crippen LogP) is -0.215. The topological polar surface area (TPSA) is 210 Å². The summed E-state index contributed by atoms with van der Waals surface area (Å²) in [5, 5.41) is 59.6. The third-order valence-corrected chi connectivity index (χ3v) is 7.93. The standard InChI is InChI=1S/C30H38O13/c1-2-21-22-12-20(11-19(35)10-18(34)9-17(33)8-5-15-3-6-16(32)7-4-15)41-28(39)23(22)14-40-29(21)43-30-27(38)26(37)25(36)24(13-31)42-30/h2-4,6-7,14,18,20-22,24-27,29-32,34,36-38H,1,5,8-13H2/t18-,20?,21-,22-,24+,25-,26+,27+,29-,30-/m0/s1. The van der Waals surface area contributed by atoms with E-state index in [4.69, 9.17) is 18.9 Å². The Labute approximate surface area is 247 Å². The zero-order valence-electron chi connectivity index (χ0n) is 23.4. The Kier molecular flexibility index (Phi) is 11.1. The van der Waals surface area contributed by atoms with Gasteiger partial charge in [-0.3, -0.25) is 9.59 Å². The Morgan fingerprint density at radius 2 is 1.74 bits per heavy atom. The fourth-order valence-corrected chi connectivity index (χ4v) is 5.57. The number of phenolic OH excluding ortho intramolecular Hbond substituents is 1. The number of aliphatic hydroxyl groups is 5. The van der Waals surface area contributed by atoms with Crippen molar-refractivity contribution in [2.75, 3.05) is 6.61 Å². The first-order valence-electron chi connectivity index (χ1n) is 14.1. The molecule has 0 radical (unpaired) electrons. The fraction of sp³-hybridized carbons (Fsp3) is 0.567. The molecule has 0 aromatic heterocycles. The lowest BCUT2D eigenvalue weighted by atomic mass is 9.78. The van der Waals surface area contributed by atoms with Crippen molar-refractivity contribution in [3.63, 3.8) is 0 Å². The van der Waals surface area contributed by atoms with Crippen LogP contribution in [0.5, 0.6) is 5.75 Å². The van der Waals surface area contributed by atoms with Gasteiger partial charge in [-0.15, -0.1) is 6.58 Å². The Morgan fingerprint density at radius 3 is 2.42 bits per heavy atom. The molecule has 13 heteroatoms. The molecule has 2 saturated heterocycles. The number of carbonyl (C=O) groups is 3. The van der Waals surface area contributed by atoms with E-state index in [1.54, 1.807) is 12.1 Å². The average molecular weight is 607 g/mol. The minimum atomic E-state index is -1.66. The molecule has 0 spiro atoms. The Morgan fingerprint density at radius 1 is 1.05 bits per heavy atom. The molecule has 0 bridgehead atoms. The van der Waals surface area contributed by atoms with Gasteiger partial charge in [-0.2, -0.15) is 0 Å². The van der Waals surface area contributed by atoms with Crippen molar-refractivity contribution in [1.29, 1.82) is 0 Å². The zero-order chi connectivity index (χ0) is 31.3. The molecule has 3 aliphatic heterocycles. The number of cyclic esters (lactones) is 1. The van der Waals surface area contributed by atoms with Crippen LogP contribution < -0.4 is 0 Å². The summed E-state index contributed by atoms with van der Waals surface area (Å²) >= 11 is 0. The Bertz CT molecular complexity index is 1180. The number of phenols is 1. The number of aryl methyl sites for hydroxylation is 1. The van der Waals surface area contributed by atoms with Gasteiger partial charge in [0.05, 0.1) is 24.5 Å². The van der Waals surface area contributed by atoms with Crippen LogP contribution in [0.15, 0.2) is 48.8 Å². The van der Waals surface area contributed by atoms with Crippen LogP contribution in [0.2, 0.25) is 0 Å². The monoisotopic (exact) mass is 606 g/mol. The summed E-state index contributed by atoms with van der Waals surface area (Å²) < 4.78 is 22.2. The minimum absolute atomic E-state index is 0.123. The Balaban J connectivity index is 1.30. The summed E-state index contributed by atoms with van der Waals surface area (Å²) in [5.74, 6) is -2.40. The normalized spacial score (nSPS) is 32.9. The third kappa shape index (κ3) is 8.06. The molecule has 3 aliphatic rings. The van der Waals surface area contributed by atoms with Gasteiger partial charge in [-0.05, 0) is 30.5 Å². The number of esters is 1. The lowest BCUT2D eigenvalue weighted by Crippen LogP contribution is -2.60. The van der Waals surface area contributed by atoms with Gasteiger partial charge >= 0.3 is 5.97 Å². The quantitative estimate of drug-likeness (QED) is 0.127. The fourth-order valence-electron chi connectivity index (χ4n) is 5.57. The summed E-state index contributed by atoms with van der Waals surface area (Å²) in [5.41, 5.74) is 1.05. The molecule has 0 amide bonds. The molecule has 0 saturated carbocycles. The van der Waals surface area contributed by atoms with E-state index in [2.05, 4.69) is 6.58 Å². The largest absolute Gasteiger partial charge is 0.508 e. The number of fused-ring (bicyclic) bond motifs is 1. The predicted molar refractivity (Wildman–Crippen MR) is 146 cm³/mol. The molecule has 1 aromatic rings. The smallest absolute Gasteiger partial charge is 0.337 e. The second-order valence-corrected chi connectivity index (χ2v) is 11.1. The first kappa shape index (κ1) is 32.7. The van der Waals surface area contributed by atoms with E-state index in [9.17, 15) is 45.0 Å². The van der Waals surface area contributed by atoms with Crippen LogP contribution in [0, 0.1) is 11.8 Å². The molecule has 43 heavy (non-hydrogen) atoms. The lowest BCUT2D eigenvalue weighted by molar-refractivity contribution is -0.339. The number of rotatable bonds is 13. The molecule has 10 atom stereocenters. The van der Waals surface area contributed by atoms with Crippen LogP contribution in [-0.4, -0.2) is 104 Å². The van der Waals surface area contributed by atoms with E-state index < -0.39 is 73.6 Å². The number of hydrogen-bond donors (Lipinski definition) is 6. The van der Waals surface area contributed by atoms with E-state index in [1.165, 1.54) is 18.2 Å². The van der Waals surface area contributed by atoms with Gasteiger partial charge in [0.15, 0.2) is 6.29 Å². The maximum absolute atomic E-state index is 12.7. The van der Waals surface area contributed by atoms with Gasteiger partial charge in [-0.25, -0.2) is 4.79 Å². The van der Waals surface area contributed by atoms with Crippen molar-refractivity contribution < 1.29 is 64.0 Å². The van der Waals surface area contributed by atoms with Crippen LogP contribution >= 0.6 is 0 Å². The average Bonchev–Trinajstić information content (AvgIpc) is 2.96. The number of benzene rings is 1. The molecule has 0 aliphatic carbocycles. The van der Waals surface area contributed by atoms with Crippen LogP contribution in [-0.2, 0) is 39.8 Å². The van der Waals surface area contributed by atoms with Crippen LogP contribution in [0.25, 0.3) is 0 Å². The molecule has 3 heterocycles. The third-order valence-electron chi connectivity index (χ3n) is 7.93. The first-order chi connectivity index (χ1) is 20.5. The van der Waals surface area contributed by atoms with Crippen molar-refractivity contribution in [3.05, 3.63) is 54.3 Å². The summed E-state index contributed by atoms with van der Waals surface area (Å²) in [6, 6.07) is 6.45. The summed E-state index contributed by atoms with van der Waals surface area (Å²) in [6.45, 7) is 3.16. The van der Waals surface area contributed by atoms with Gasteiger partial charge < -0.3 is 49.6 Å². The molecule has 1 unspecified atom stereocenters. The molecule has 1 aromatic carbocycles.